The van der Waals surface area contributed by atoms with Gasteiger partial charge >= 0.3 is 0 Å². The summed E-state index contributed by atoms with van der Waals surface area (Å²) in [5.41, 5.74) is 2.48. The molecule has 1 aliphatic rings. The van der Waals surface area contributed by atoms with Crippen molar-refractivity contribution >= 4 is 40.8 Å². The number of aryl methyl sites for hydroxylation is 1. The van der Waals surface area contributed by atoms with Gasteiger partial charge < -0.3 is 24.8 Å². The summed E-state index contributed by atoms with van der Waals surface area (Å²) in [5.74, 6) is 1.27. The molecule has 1 saturated heterocycles. The zero-order valence-electron chi connectivity index (χ0n) is 17.7. The molecule has 168 valence electrons. The standard InChI is InChI=1S/C22H28ClN3O4S/c1-15-11-16(12-18(23)21(15)24-22(28)31)26-9-7-25(8-10-26)13-17(27)14-30-20-6-4-3-5-19(20)29-2/h3-6,11-12,17,27H,7-10,13-14H2,1-2H3,(H2,24,28,31). The Kier molecular flexibility index (Phi) is 8.31. The van der Waals surface area contributed by atoms with Crippen LogP contribution in [0.25, 0.3) is 0 Å². The largest absolute Gasteiger partial charge is 0.493 e. The number of aliphatic hydroxyl groups is 1. The summed E-state index contributed by atoms with van der Waals surface area (Å²) in [7, 11) is 1.59. The second kappa shape index (κ2) is 10.9. The Balaban J connectivity index is 1.50. The first-order valence-electron chi connectivity index (χ1n) is 10.1. The lowest BCUT2D eigenvalue weighted by Crippen LogP contribution is -2.49. The van der Waals surface area contributed by atoms with Gasteiger partial charge in [0.1, 0.15) is 12.7 Å². The smallest absolute Gasteiger partial charge is 0.280 e. The summed E-state index contributed by atoms with van der Waals surface area (Å²) < 4.78 is 11.0. The fourth-order valence-electron chi connectivity index (χ4n) is 3.64. The van der Waals surface area contributed by atoms with E-state index >= 15 is 0 Å². The van der Waals surface area contributed by atoms with Crippen molar-refractivity contribution < 1.29 is 19.4 Å². The van der Waals surface area contributed by atoms with E-state index in [1.54, 1.807) is 7.11 Å². The van der Waals surface area contributed by atoms with Crippen molar-refractivity contribution in [3.8, 4) is 11.5 Å². The lowest BCUT2D eigenvalue weighted by atomic mass is 10.1. The summed E-state index contributed by atoms with van der Waals surface area (Å²) in [6, 6.07) is 11.3. The predicted molar refractivity (Wildman–Crippen MR) is 127 cm³/mol. The van der Waals surface area contributed by atoms with Gasteiger partial charge in [-0.2, -0.15) is 0 Å². The number of thiol groups is 1. The molecule has 1 amide bonds. The SMILES string of the molecule is COc1ccccc1OCC(O)CN1CCN(c2cc(C)c(NC(=O)S)c(Cl)c2)CC1. The highest BCUT2D eigenvalue weighted by atomic mass is 35.5. The van der Waals surface area contributed by atoms with E-state index in [-0.39, 0.29) is 6.61 Å². The Morgan fingerprint density at radius 2 is 1.90 bits per heavy atom. The van der Waals surface area contributed by atoms with Gasteiger partial charge in [-0.25, -0.2) is 0 Å². The molecule has 7 nitrogen and oxygen atoms in total. The maximum Gasteiger partial charge on any atom is 0.280 e. The van der Waals surface area contributed by atoms with Gasteiger partial charge in [0.05, 0.1) is 17.8 Å². The molecule has 2 aromatic rings. The number of nitrogens with zero attached hydrogens (tertiary/aromatic N) is 2. The van der Waals surface area contributed by atoms with Crippen LogP contribution in [0.2, 0.25) is 5.02 Å². The molecular weight excluding hydrogens is 438 g/mol. The molecule has 1 fully saturated rings. The molecule has 9 heteroatoms. The lowest BCUT2D eigenvalue weighted by molar-refractivity contribution is 0.0653. The van der Waals surface area contributed by atoms with Crippen molar-refractivity contribution in [2.45, 2.75) is 13.0 Å². The van der Waals surface area contributed by atoms with E-state index in [1.807, 2.05) is 43.3 Å². The van der Waals surface area contributed by atoms with Gasteiger partial charge in [-0.05, 0) is 36.8 Å². The van der Waals surface area contributed by atoms with Crippen molar-refractivity contribution in [2.75, 3.05) is 56.7 Å². The van der Waals surface area contributed by atoms with Gasteiger partial charge in [0.15, 0.2) is 11.5 Å². The monoisotopic (exact) mass is 465 g/mol. The number of anilines is 2. The second-order valence-corrected chi connectivity index (χ2v) is 8.27. The van der Waals surface area contributed by atoms with Crippen LogP contribution in [0.5, 0.6) is 11.5 Å². The minimum Gasteiger partial charge on any atom is -0.493 e. The number of piperazine rings is 1. The average molecular weight is 466 g/mol. The van der Waals surface area contributed by atoms with E-state index in [1.165, 1.54) is 0 Å². The Hall–Kier alpha value is -2.13. The van der Waals surface area contributed by atoms with E-state index in [0.29, 0.717) is 28.8 Å². The first-order valence-corrected chi connectivity index (χ1v) is 10.9. The molecule has 31 heavy (non-hydrogen) atoms. The zero-order chi connectivity index (χ0) is 22.4. The normalized spacial score (nSPS) is 15.5. The molecule has 0 spiro atoms. The Morgan fingerprint density at radius 1 is 1.23 bits per heavy atom. The fourth-order valence-corrected chi connectivity index (χ4v) is 4.06. The van der Waals surface area contributed by atoms with Gasteiger partial charge in [-0.3, -0.25) is 9.69 Å². The number of hydrogen-bond donors (Lipinski definition) is 3. The highest BCUT2D eigenvalue weighted by Gasteiger charge is 2.21. The number of halogens is 1. The molecule has 2 N–H and O–H groups in total. The molecule has 1 unspecified atom stereocenters. The van der Waals surface area contributed by atoms with E-state index in [2.05, 4.69) is 27.7 Å². The quantitative estimate of drug-likeness (QED) is 0.516. The van der Waals surface area contributed by atoms with E-state index in [4.69, 9.17) is 21.1 Å². The number of aliphatic hydroxyl groups excluding tert-OH is 1. The third-order valence-electron chi connectivity index (χ3n) is 5.21. The predicted octanol–water partition coefficient (Wildman–Crippen LogP) is 3.68. The fraction of sp³-hybridized carbons (Fsp3) is 0.409. The number of amides is 1. The number of methoxy groups -OCH3 is 1. The van der Waals surface area contributed by atoms with E-state index in [9.17, 15) is 9.90 Å². The maximum absolute atomic E-state index is 11.2. The zero-order valence-corrected chi connectivity index (χ0v) is 19.3. The molecule has 1 heterocycles. The van der Waals surface area contributed by atoms with Crippen LogP contribution < -0.4 is 19.7 Å². The number of hydrogen-bond acceptors (Lipinski definition) is 6. The molecule has 2 aromatic carbocycles. The van der Waals surface area contributed by atoms with Crippen LogP contribution in [-0.2, 0) is 0 Å². The molecule has 0 saturated carbocycles. The first-order chi connectivity index (χ1) is 14.9. The number of β-amino-alcohol motifs (C(OH)–C–C–N with tert-alkyl or cyclic N) is 1. The van der Waals surface area contributed by atoms with Crippen molar-refractivity contribution in [1.82, 2.24) is 4.90 Å². The average Bonchev–Trinajstić information content (AvgIpc) is 2.75. The number of benzene rings is 2. The molecule has 3 rings (SSSR count). The van der Waals surface area contributed by atoms with Crippen molar-refractivity contribution in [3.63, 3.8) is 0 Å². The van der Waals surface area contributed by atoms with Crippen LogP contribution in [0.4, 0.5) is 16.2 Å². The summed E-state index contributed by atoms with van der Waals surface area (Å²) >= 11 is 10.1. The summed E-state index contributed by atoms with van der Waals surface area (Å²) in [5, 5.41) is 13.1. The molecule has 0 aromatic heterocycles. The summed E-state index contributed by atoms with van der Waals surface area (Å²) in [6.07, 6.45) is -0.600. The molecular formula is C22H28ClN3O4S. The first kappa shape index (κ1) is 23.5. The number of nitrogens with one attached hydrogen (secondary N) is 1. The summed E-state index contributed by atoms with van der Waals surface area (Å²) in [6.45, 7) is 5.91. The van der Waals surface area contributed by atoms with Gasteiger partial charge in [-0.1, -0.05) is 36.4 Å². The molecule has 0 aliphatic carbocycles. The van der Waals surface area contributed by atoms with Crippen LogP contribution >= 0.6 is 24.2 Å². The molecule has 1 aliphatic heterocycles. The van der Waals surface area contributed by atoms with Crippen molar-refractivity contribution in [1.29, 1.82) is 0 Å². The number of para-hydroxylation sites is 2. The topological polar surface area (TPSA) is 74.3 Å². The molecule has 1 atom stereocenters. The van der Waals surface area contributed by atoms with E-state index in [0.717, 1.165) is 37.4 Å². The lowest BCUT2D eigenvalue weighted by Gasteiger charge is -2.37. The van der Waals surface area contributed by atoms with Gasteiger partial charge in [-0.15, -0.1) is 0 Å². The minimum atomic E-state index is -0.600. The van der Waals surface area contributed by atoms with Gasteiger partial charge in [0, 0.05) is 38.4 Å². The van der Waals surface area contributed by atoms with Crippen molar-refractivity contribution in [2.24, 2.45) is 0 Å². The second-order valence-electron chi connectivity index (χ2n) is 7.45. The minimum absolute atomic E-state index is 0.202. The Labute approximate surface area is 193 Å². The number of rotatable bonds is 8. The van der Waals surface area contributed by atoms with Crippen LogP contribution in [0.3, 0.4) is 0 Å². The highest BCUT2D eigenvalue weighted by molar-refractivity contribution is 7.96. The van der Waals surface area contributed by atoms with Crippen LogP contribution in [0.15, 0.2) is 36.4 Å². The molecule has 0 radical (unpaired) electrons. The summed E-state index contributed by atoms with van der Waals surface area (Å²) in [4.78, 5) is 15.7. The number of carbonyl (C=O) groups excluding carboxylic acids is 1. The number of ether oxygens (including phenoxy) is 2. The van der Waals surface area contributed by atoms with Crippen LogP contribution in [0, 0.1) is 6.92 Å². The third kappa shape index (κ3) is 6.43. The van der Waals surface area contributed by atoms with Crippen molar-refractivity contribution in [3.05, 3.63) is 47.0 Å². The number of carbonyl (C=O) groups is 1. The van der Waals surface area contributed by atoms with Crippen LogP contribution in [0.1, 0.15) is 5.56 Å². The Morgan fingerprint density at radius 3 is 2.52 bits per heavy atom. The highest BCUT2D eigenvalue weighted by Crippen LogP contribution is 2.32. The van der Waals surface area contributed by atoms with Gasteiger partial charge in [0.25, 0.3) is 5.24 Å². The molecule has 0 bridgehead atoms. The third-order valence-corrected chi connectivity index (χ3v) is 5.62. The van der Waals surface area contributed by atoms with Crippen LogP contribution in [-0.4, -0.2) is 67.8 Å². The Bertz CT molecular complexity index is 883. The van der Waals surface area contributed by atoms with Gasteiger partial charge in [0.2, 0.25) is 0 Å². The van der Waals surface area contributed by atoms with E-state index < -0.39 is 11.3 Å². The maximum atomic E-state index is 11.2.